The van der Waals surface area contributed by atoms with Crippen LogP contribution in [-0.4, -0.2) is 42.1 Å². The van der Waals surface area contributed by atoms with E-state index in [1.54, 1.807) is 19.3 Å². The van der Waals surface area contributed by atoms with Crippen molar-refractivity contribution in [2.24, 2.45) is 5.92 Å². The van der Waals surface area contributed by atoms with Crippen molar-refractivity contribution in [1.82, 2.24) is 10.3 Å². The van der Waals surface area contributed by atoms with E-state index in [1.165, 1.54) is 0 Å². The molecule has 2 rings (SSSR count). The number of carboxylic acids is 1. The molecular formula is C14H19N3O3. The standard InChI is InChI=1S/C14H19N3O3/c1-15-14(20)12-8-11(4-6-16-12)17-7-5-10(9-17)2-3-13(18)19/h4,6,8,10H,2-3,5,7,9H2,1H3,(H,15,20)(H,18,19). The number of carboxylic acid groups (broad SMARTS) is 1. The number of aromatic nitrogens is 1. The summed E-state index contributed by atoms with van der Waals surface area (Å²) in [6.07, 6.45) is 3.55. The molecule has 0 aromatic carbocycles. The van der Waals surface area contributed by atoms with Crippen LogP contribution in [0.5, 0.6) is 0 Å². The number of amides is 1. The molecule has 0 radical (unpaired) electrons. The van der Waals surface area contributed by atoms with Gasteiger partial charge in [0.1, 0.15) is 5.69 Å². The second-order valence-electron chi connectivity index (χ2n) is 5.01. The molecule has 0 bridgehead atoms. The van der Waals surface area contributed by atoms with Crippen molar-refractivity contribution in [3.05, 3.63) is 24.0 Å². The Bertz CT molecular complexity index is 504. The molecular weight excluding hydrogens is 258 g/mol. The fourth-order valence-electron chi connectivity index (χ4n) is 2.50. The van der Waals surface area contributed by atoms with Crippen LogP contribution in [0.15, 0.2) is 18.3 Å². The fraction of sp³-hybridized carbons (Fsp3) is 0.500. The highest BCUT2D eigenvalue weighted by Crippen LogP contribution is 2.26. The van der Waals surface area contributed by atoms with Crippen LogP contribution in [0.2, 0.25) is 0 Å². The van der Waals surface area contributed by atoms with Crippen molar-refractivity contribution in [3.63, 3.8) is 0 Å². The van der Waals surface area contributed by atoms with E-state index in [0.717, 1.165) is 25.2 Å². The highest BCUT2D eigenvalue weighted by Gasteiger charge is 2.23. The van der Waals surface area contributed by atoms with Gasteiger partial charge in [-0.25, -0.2) is 0 Å². The Morgan fingerprint density at radius 3 is 3.05 bits per heavy atom. The van der Waals surface area contributed by atoms with E-state index in [4.69, 9.17) is 5.11 Å². The first-order chi connectivity index (χ1) is 9.60. The highest BCUT2D eigenvalue weighted by atomic mass is 16.4. The molecule has 6 heteroatoms. The molecule has 1 aliphatic rings. The van der Waals surface area contributed by atoms with Gasteiger partial charge in [-0.2, -0.15) is 0 Å². The maximum atomic E-state index is 11.6. The van der Waals surface area contributed by atoms with Crippen molar-refractivity contribution in [3.8, 4) is 0 Å². The summed E-state index contributed by atoms with van der Waals surface area (Å²) >= 11 is 0. The van der Waals surface area contributed by atoms with Crippen LogP contribution in [-0.2, 0) is 4.79 Å². The molecule has 6 nitrogen and oxygen atoms in total. The molecule has 1 aromatic heterocycles. The Balaban J connectivity index is 1.99. The molecule has 0 aliphatic carbocycles. The SMILES string of the molecule is CNC(=O)c1cc(N2CCC(CCC(=O)O)C2)ccn1. The van der Waals surface area contributed by atoms with Crippen molar-refractivity contribution >= 4 is 17.6 Å². The molecule has 20 heavy (non-hydrogen) atoms. The Morgan fingerprint density at radius 1 is 1.55 bits per heavy atom. The van der Waals surface area contributed by atoms with Gasteiger partial charge in [-0.15, -0.1) is 0 Å². The van der Waals surface area contributed by atoms with Gasteiger partial charge in [0.15, 0.2) is 0 Å². The van der Waals surface area contributed by atoms with E-state index in [2.05, 4.69) is 15.2 Å². The van der Waals surface area contributed by atoms with Gasteiger partial charge in [-0.3, -0.25) is 14.6 Å². The first-order valence-corrected chi connectivity index (χ1v) is 6.75. The predicted octanol–water partition coefficient (Wildman–Crippen LogP) is 1.13. The number of anilines is 1. The van der Waals surface area contributed by atoms with Crippen LogP contribution in [0, 0.1) is 5.92 Å². The van der Waals surface area contributed by atoms with Crippen LogP contribution in [0.25, 0.3) is 0 Å². The molecule has 0 saturated carbocycles. The predicted molar refractivity (Wildman–Crippen MR) is 74.8 cm³/mol. The van der Waals surface area contributed by atoms with Crippen LogP contribution < -0.4 is 10.2 Å². The Hall–Kier alpha value is -2.11. The summed E-state index contributed by atoms with van der Waals surface area (Å²) in [6, 6.07) is 3.66. The second kappa shape index (κ2) is 6.36. The smallest absolute Gasteiger partial charge is 0.303 e. The first-order valence-electron chi connectivity index (χ1n) is 6.75. The van der Waals surface area contributed by atoms with Gasteiger partial charge < -0.3 is 15.3 Å². The molecule has 2 N–H and O–H groups in total. The summed E-state index contributed by atoms with van der Waals surface area (Å²) in [6.45, 7) is 1.73. The van der Waals surface area contributed by atoms with Crippen molar-refractivity contribution < 1.29 is 14.7 Å². The summed E-state index contributed by atoms with van der Waals surface area (Å²) in [4.78, 5) is 28.4. The normalized spacial score (nSPS) is 18.1. The lowest BCUT2D eigenvalue weighted by molar-refractivity contribution is -0.137. The molecule has 1 saturated heterocycles. The van der Waals surface area contributed by atoms with E-state index < -0.39 is 5.97 Å². The Morgan fingerprint density at radius 2 is 2.35 bits per heavy atom. The van der Waals surface area contributed by atoms with Crippen LogP contribution >= 0.6 is 0 Å². The summed E-state index contributed by atoms with van der Waals surface area (Å²) < 4.78 is 0. The number of carbonyl (C=O) groups excluding carboxylic acids is 1. The van der Waals surface area contributed by atoms with Gasteiger partial charge in [0.05, 0.1) is 0 Å². The summed E-state index contributed by atoms with van der Waals surface area (Å²) in [5, 5.41) is 11.3. The number of carbonyl (C=O) groups is 2. The topological polar surface area (TPSA) is 82.5 Å². The van der Waals surface area contributed by atoms with E-state index >= 15 is 0 Å². The monoisotopic (exact) mass is 277 g/mol. The fourth-order valence-corrected chi connectivity index (χ4v) is 2.50. The number of rotatable bonds is 5. The lowest BCUT2D eigenvalue weighted by Crippen LogP contribution is -2.22. The quantitative estimate of drug-likeness (QED) is 0.843. The molecule has 1 aromatic rings. The minimum atomic E-state index is -0.741. The molecule has 1 atom stereocenters. The van der Waals surface area contributed by atoms with Crippen molar-refractivity contribution in [1.29, 1.82) is 0 Å². The number of hydrogen-bond donors (Lipinski definition) is 2. The van der Waals surface area contributed by atoms with E-state index in [1.807, 2.05) is 6.07 Å². The number of hydrogen-bond acceptors (Lipinski definition) is 4. The molecule has 0 spiro atoms. The molecule has 2 heterocycles. The number of aliphatic carboxylic acids is 1. The van der Waals surface area contributed by atoms with Crippen molar-refractivity contribution in [2.45, 2.75) is 19.3 Å². The van der Waals surface area contributed by atoms with Gasteiger partial charge in [0.2, 0.25) is 0 Å². The average Bonchev–Trinajstić information content (AvgIpc) is 2.93. The minimum absolute atomic E-state index is 0.200. The van der Waals surface area contributed by atoms with Gasteiger partial charge >= 0.3 is 5.97 Å². The molecule has 1 aliphatic heterocycles. The zero-order valence-corrected chi connectivity index (χ0v) is 11.5. The van der Waals surface area contributed by atoms with Crippen LogP contribution in [0.4, 0.5) is 5.69 Å². The number of pyridine rings is 1. The van der Waals surface area contributed by atoms with Crippen molar-refractivity contribution in [2.75, 3.05) is 25.0 Å². The van der Waals surface area contributed by atoms with Gasteiger partial charge in [0.25, 0.3) is 5.91 Å². The van der Waals surface area contributed by atoms with E-state index in [9.17, 15) is 9.59 Å². The van der Waals surface area contributed by atoms with E-state index in [-0.39, 0.29) is 12.3 Å². The Labute approximate surface area is 117 Å². The van der Waals surface area contributed by atoms with Crippen LogP contribution in [0.1, 0.15) is 29.8 Å². The average molecular weight is 277 g/mol. The summed E-state index contributed by atoms with van der Waals surface area (Å²) in [5.74, 6) is -0.537. The molecule has 1 fully saturated rings. The lowest BCUT2D eigenvalue weighted by atomic mass is 10.0. The maximum Gasteiger partial charge on any atom is 0.303 e. The van der Waals surface area contributed by atoms with E-state index in [0.29, 0.717) is 18.0 Å². The lowest BCUT2D eigenvalue weighted by Gasteiger charge is -2.19. The maximum absolute atomic E-state index is 11.6. The number of nitrogens with one attached hydrogen (secondary N) is 1. The third-order valence-electron chi connectivity index (χ3n) is 3.62. The summed E-state index contributed by atoms with van der Waals surface area (Å²) in [5.41, 5.74) is 1.37. The largest absolute Gasteiger partial charge is 0.481 e. The van der Waals surface area contributed by atoms with Gasteiger partial charge in [-0.1, -0.05) is 0 Å². The second-order valence-corrected chi connectivity index (χ2v) is 5.01. The molecule has 1 unspecified atom stereocenters. The zero-order valence-electron chi connectivity index (χ0n) is 11.5. The third-order valence-corrected chi connectivity index (χ3v) is 3.62. The molecule has 108 valence electrons. The minimum Gasteiger partial charge on any atom is -0.481 e. The zero-order chi connectivity index (χ0) is 14.5. The third kappa shape index (κ3) is 3.46. The van der Waals surface area contributed by atoms with Gasteiger partial charge in [-0.05, 0) is 30.9 Å². The summed E-state index contributed by atoms with van der Waals surface area (Å²) in [7, 11) is 1.58. The molecule has 1 amide bonds. The van der Waals surface area contributed by atoms with Crippen LogP contribution in [0.3, 0.4) is 0 Å². The highest BCUT2D eigenvalue weighted by molar-refractivity contribution is 5.92. The number of nitrogens with zero attached hydrogens (tertiary/aromatic N) is 2. The Kier molecular flexibility index (Phi) is 4.55. The first kappa shape index (κ1) is 14.3. The van der Waals surface area contributed by atoms with Gasteiger partial charge in [0, 0.05) is 38.4 Å².